The minimum Gasteiger partial charge on any atom is -0.271 e. The van der Waals surface area contributed by atoms with E-state index in [4.69, 9.17) is 0 Å². The quantitative estimate of drug-likeness (QED) is 0.317. The summed E-state index contributed by atoms with van der Waals surface area (Å²) in [5.41, 5.74) is 2.11. The fourth-order valence-electron chi connectivity index (χ4n) is 2.69. The lowest BCUT2D eigenvalue weighted by Crippen LogP contribution is -2.39. The third-order valence-corrected chi connectivity index (χ3v) is 6.05. The third kappa shape index (κ3) is 5.32. The number of non-ortho nitro benzene ring substituents is 1. The Morgan fingerprint density at radius 1 is 1.03 bits per heavy atom. The number of nitrogens with one attached hydrogen (secondary N) is 1. The van der Waals surface area contributed by atoms with Crippen LogP contribution in [0.5, 0.6) is 0 Å². The zero-order chi connectivity index (χ0) is 23.1. The molecule has 0 atom stereocenters. The van der Waals surface area contributed by atoms with E-state index in [2.05, 4.69) is 10.5 Å². The monoisotopic (exact) mass is 456 g/mol. The van der Waals surface area contributed by atoms with Crippen molar-refractivity contribution in [2.75, 3.05) is 10.8 Å². The van der Waals surface area contributed by atoms with Crippen molar-refractivity contribution in [2.45, 2.75) is 4.90 Å². The fraction of sp³-hybridized carbons (Fsp3) is 0.0476. The van der Waals surface area contributed by atoms with Crippen molar-refractivity contribution < 1.29 is 22.5 Å². The highest BCUT2D eigenvalue weighted by molar-refractivity contribution is 7.92. The first-order valence-electron chi connectivity index (χ1n) is 9.18. The van der Waals surface area contributed by atoms with Gasteiger partial charge in [-0.2, -0.15) is 5.10 Å². The molecule has 3 aromatic carbocycles. The van der Waals surface area contributed by atoms with E-state index in [0.717, 1.165) is 22.7 Å². The number of halogens is 1. The summed E-state index contributed by atoms with van der Waals surface area (Å²) in [6, 6.07) is 17.9. The van der Waals surface area contributed by atoms with Crippen LogP contribution in [-0.4, -0.2) is 32.0 Å². The second-order valence-electron chi connectivity index (χ2n) is 6.41. The molecule has 0 aliphatic heterocycles. The van der Waals surface area contributed by atoms with Crippen LogP contribution >= 0.6 is 0 Å². The molecule has 0 bridgehead atoms. The Morgan fingerprint density at radius 2 is 1.66 bits per heavy atom. The van der Waals surface area contributed by atoms with Crippen LogP contribution in [0.25, 0.3) is 0 Å². The van der Waals surface area contributed by atoms with E-state index in [1.165, 1.54) is 54.6 Å². The van der Waals surface area contributed by atoms with E-state index in [1.807, 2.05) is 0 Å². The van der Waals surface area contributed by atoms with Crippen LogP contribution in [0.4, 0.5) is 15.8 Å². The molecule has 0 saturated heterocycles. The third-order valence-electron chi connectivity index (χ3n) is 4.27. The van der Waals surface area contributed by atoms with Crippen LogP contribution in [-0.2, 0) is 14.8 Å². The molecule has 1 amide bonds. The topological polar surface area (TPSA) is 122 Å². The van der Waals surface area contributed by atoms with Gasteiger partial charge in [0.2, 0.25) is 0 Å². The molecular formula is C21H17FN4O5S. The van der Waals surface area contributed by atoms with E-state index in [-0.39, 0.29) is 21.8 Å². The van der Waals surface area contributed by atoms with Crippen molar-refractivity contribution in [2.24, 2.45) is 5.10 Å². The number of rotatable bonds is 8. The zero-order valence-electron chi connectivity index (χ0n) is 16.5. The molecule has 0 aromatic heterocycles. The van der Waals surface area contributed by atoms with Crippen molar-refractivity contribution >= 4 is 33.5 Å². The summed E-state index contributed by atoms with van der Waals surface area (Å²) in [6.07, 6.45) is 1.09. The average Bonchev–Trinajstić information content (AvgIpc) is 2.79. The minimum atomic E-state index is -4.18. The zero-order valence-corrected chi connectivity index (χ0v) is 17.3. The number of amides is 1. The standard InChI is InChI=1S/C21H17FN4O5S/c22-20-9-5-4-6-16(20)14-23-24-21(27)15-25(17-10-12-18(13-11-17)26(28)29)32(30,31)19-7-2-1-3-8-19/h1-14H,15H2,(H,24,27)/b23-14-. The molecule has 0 spiro atoms. The maximum atomic E-state index is 13.6. The number of nitro benzene ring substituents is 1. The summed E-state index contributed by atoms with van der Waals surface area (Å²) in [5, 5.41) is 14.6. The SMILES string of the molecule is O=C(CN(c1ccc([N+](=O)[O-])cc1)S(=O)(=O)c1ccccc1)N/N=C\c1ccccc1F. The van der Waals surface area contributed by atoms with E-state index in [9.17, 15) is 27.7 Å². The molecule has 3 rings (SSSR count). The van der Waals surface area contributed by atoms with Gasteiger partial charge in [-0.3, -0.25) is 19.2 Å². The van der Waals surface area contributed by atoms with Gasteiger partial charge in [0, 0.05) is 17.7 Å². The number of hydrazone groups is 1. The number of anilines is 1. The first-order chi connectivity index (χ1) is 15.3. The highest BCUT2D eigenvalue weighted by atomic mass is 32.2. The maximum absolute atomic E-state index is 13.6. The molecule has 0 heterocycles. The minimum absolute atomic E-state index is 0.0488. The van der Waals surface area contributed by atoms with E-state index < -0.39 is 33.2 Å². The summed E-state index contributed by atoms with van der Waals surface area (Å²) >= 11 is 0. The van der Waals surface area contributed by atoms with Gasteiger partial charge in [-0.1, -0.05) is 36.4 Å². The summed E-state index contributed by atoms with van der Waals surface area (Å²) in [6.45, 7) is -0.663. The molecule has 1 N–H and O–H groups in total. The second kappa shape index (κ2) is 9.79. The number of carbonyl (C=O) groups excluding carboxylic acids is 1. The molecule has 164 valence electrons. The molecule has 32 heavy (non-hydrogen) atoms. The summed E-state index contributed by atoms with van der Waals surface area (Å²) in [7, 11) is -4.18. The van der Waals surface area contributed by atoms with Crippen molar-refractivity contribution in [1.82, 2.24) is 5.43 Å². The lowest BCUT2D eigenvalue weighted by atomic mass is 10.2. The van der Waals surface area contributed by atoms with Gasteiger partial charge in [0.05, 0.1) is 21.7 Å². The lowest BCUT2D eigenvalue weighted by Gasteiger charge is -2.23. The predicted molar refractivity (Wildman–Crippen MR) is 116 cm³/mol. The van der Waals surface area contributed by atoms with Gasteiger partial charge in [0.1, 0.15) is 12.4 Å². The van der Waals surface area contributed by atoms with Crippen molar-refractivity contribution in [3.8, 4) is 0 Å². The van der Waals surface area contributed by atoms with E-state index in [1.54, 1.807) is 12.1 Å². The Bertz CT molecular complexity index is 1250. The first kappa shape index (κ1) is 22.6. The van der Waals surface area contributed by atoms with Crippen molar-refractivity contribution in [1.29, 1.82) is 0 Å². The number of carbonyl (C=O) groups is 1. The van der Waals surface area contributed by atoms with Crippen LogP contribution in [0.2, 0.25) is 0 Å². The van der Waals surface area contributed by atoms with Crippen LogP contribution in [0.15, 0.2) is 88.9 Å². The first-order valence-corrected chi connectivity index (χ1v) is 10.6. The Kier molecular flexibility index (Phi) is 6.90. The molecule has 0 saturated carbocycles. The summed E-state index contributed by atoms with van der Waals surface area (Å²) < 4.78 is 40.7. The number of benzene rings is 3. The molecular weight excluding hydrogens is 439 g/mol. The smallest absolute Gasteiger partial charge is 0.269 e. The molecule has 0 aliphatic carbocycles. The van der Waals surface area contributed by atoms with Gasteiger partial charge in [-0.05, 0) is 30.3 Å². The second-order valence-corrected chi connectivity index (χ2v) is 8.28. The molecule has 0 aliphatic rings. The number of nitrogens with zero attached hydrogens (tertiary/aromatic N) is 3. The van der Waals surface area contributed by atoms with Gasteiger partial charge in [-0.25, -0.2) is 18.2 Å². The van der Waals surface area contributed by atoms with E-state index in [0.29, 0.717) is 0 Å². The Balaban J connectivity index is 1.86. The van der Waals surface area contributed by atoms with E-state index >= 15 is 0 Å². The van der Waals surface area contributed by atoms with Gasteiger partial charge in [-0.15, -0.1) is 0 Å². The largest absolute Gasteiger partial charge is 0.271 e. The van der Waals surface area contributed by atoms with Crippen LogP contribution in [0.1, 0.15) is 5.56 Å². The summed E-state index contributed by atoms with van der Waals surface area (Å²) in [4.78, 5) is 22.6. The van der Waals surface area contributed by atoms with Crippen molar-refractivity contribution in [3.63, 3.8) is 0 Å². The Morgan fingerprint density at radius 3 is 2.28 bits per heavy atom. The van der Waals surface area contributed by atoms with Gasteiger partial charge in [0.25, 0.3) is 21.6 Å². The lowest BCUT2D eigenvalue weighted by molar-refractivity contribution is -0.384. The molecule has 3 aromatic rings. The fourth-order valence-corrected chi connectivity index (χ4v) is 4.14. The van der Waals surface area contributed by atoms with Crippen LogP contribution in [0, 0.1) is 15.9 Å². The predicted octanol–water partition coefficient (Wildman–Crippen LogP) is 3.08. The van der Waals surface area contributed by atoms with Crippen molar-refractivity contribution in [3.05, 3.63) is 100 Å². The average molecular weight is 456 g/mol. The molecule has 0 unspecified atom stereocenters. The number of nitro groups is 1. The number of hydrogen-bond donors (Lipinski definition) is 1. The van der Waals surface area contributed by atoms with Crippen LogP contribution < -0.4 is 9.73 Å². The summed E-state index contributed by atoms with van der Waals surface area (Å²) in [5.74, 6) is -1.33. The van der Waals surface area contributed by atoms with Crippen LogP contribution in [0.3, 0.4) is 0 Å². The molecule has 0 fully saturated rings. The maximum Gasteiger partial charge on any atom is 0.269 e. The number of sulfonamides is 1. The Labute approximate surface area is 183 Å². The molecule has 0 radical (unpaired) electrons. The van der Waals surface area contributed by atoms with Gasteiger partial charge in [0.15, 0.2) is 0 Å². The molecule has 9 nitrogen and oxygen atoms in total. The normalized spacial score (nSPS) is 11.3. The Hall–Kier alpha value is -4.12. The molecule has 11 heteroatoms. The highest BCUT2D eigenvalue weighted by Gasteiger charge is 2.27. The van der Waals surface area contributed by atoms with Gasteiger partial charge >= 0.3 is 0 Å². The number of hydrogen-bond acceptors (Lipinski definition) is 6. The highest BCUT2D eigenvalue weighted by Crippen LogP contribution is 2.25. The van der Waals surface area contributed by atoms with Gasteiger partial charge < -0.3 is 0 Å².